The summed E-state index contributed by atoms with van der Waals surface area (Å²) in [4.78, 5) is 14.9. The number of ether oxygens (including phenoxy) is 1. The maximum atomic E-state index is 13.1. The molecule has 0 radical (unpaired) electrons. The molecule has 1 N–H and O–H groups in total. The summed E-state index contributed by atoms with van der Waals surface area (Å²) in [5, 5.41) is 3.09. The smallest absolute Gasteiger partial charge is 0.251 e. The van der Waals surface area contributed by atoms with Gasteiger partial charge in [0.05, 0.1) is 19.3 Å². The monoisotopic (exact) mass is 342 g/mol. The van der Waals surface area contributed by atoms with Gasteiger partial charge in [-0.25, -0.2) is 4.39 Å². The molecule has 0 bridgehead atoms. The molecule has 2 aromatic carbocycles. The van der Waals surface area contributed by atoms with Gasteiger partial charge in [-0.3, -0.25) is 9.69 Å². The summed E-state index contributed by atoms with van der Waals surface area (Å²) in [5.41, 5.74) is 2.70. The molecule has 132 valence electrons. The van der Waals surface area contributed by atoms with Crippen molar-refractivity contribution in [3.8, 4) is 0 Å². The van der Waals surface area contributed by atoms with Gasteiger partial charge in [0.1, 0.15) is 5.82 Å². The molecule has 1 aliphatic rings. The molecule has 25 heavy (non-hydrogen) atoms. The summed E-state index contributed by atoms with van der Waals surface area (Å²) in [7, 11) is 0. The van der Waals surface area contributed by atoms with E-state index in [-0.39, 0.29) is 17.8 Å². The third-order valence-corrected chi connectivity index (χ3v) is 4.44. The maximum Gasteiger partial charge on any atom is 0.251 e. The van der Waals surface area contributed by atoms with Crippen molar-refractivity contribution in [2.24, 2.45) is 0 Å². The van der Waals surface area contributed by atoms with Crippen LogP contribution in [0.3, 0.4) is 0 Å². The van der Waals surface area contributed by atoms with Crippen LogP contribution in [0.5, 0.6) is 0 Å². The number of nitrogens with zero attached hydrogens (tertiary/aromatic N) is 1. The highest BCUT2D eigenvalue weighted by Crippen LogP contribution is 2.17. The molecule has 0 aliphatic carbocycles. The van der Waals surface area contributed by atoms with E-state index in [4.69, 9.17) is 4.74 Å². The van der Waals surface area contributed by atoms with Crippen LogP contribution in [0.2, 0.25) is 0 Å². The fraction of sp³-hybridized carbons (Fsp3) is 0.350. The summed E-state index contributed by atoms with van der Waals surface area (Å²) in [6.45, 7) is 5.90. The van der Waals surface area contributed by atoms with Gasteiger partial charge in [0.25, 0.3) is 5.91 Å². The summed E-state index contributed by atoms with van der Waals surface area (Å²) in [6, 6.07) is 13.7. The van der Waals surface area contributed by atoms with Crippen molar-refractivity contribution in [2.75, 3.05) is 32.8 Å². The van der Waals surface area contributed by atoms with Crippen molar-refractivity contribution in [3.05, 3.63) is 71.0 Å². The van der Waals surface area contributed by atoms with Crippen LogP contribution in [0.15, 0.2) is 48.5 Å². The Balaban J connectivity index is 1.76. The number of benzene rings is 2. The standard InChI is InChI=1S/C20H23FN2O2/c1-15-2-4-16(5-3-15)19(14-23-10-12-25-13-11-23)22-20(24)17-6-8-18(21)9-7-17/h2-9,19H,10-14H2,1H3,(H,22,24)/t19-/m1/s1. The summed E-state index contributed by atoms with van der Waals surface area (Å²) in [5.74, 6) is -0.543. The first-order valence-corrected chi connectivity index (χ1v) is 8.55. The van der Waals surface area contributed by atoms with Crippen LogP contribution in [0.25, 0.3) is 0 Å². The Labute approximate surface area is 147 Å². The average molecular weight is 342 g/mol. The van der Waals surface area contributed by atoms with Gasteiger partial charge in [-0.2, -0.15) is 0 Å². The average Bonchev–Trinajstić information content (AvgIpc) is 2.63. The number of morpholine rings is 1. The summed E-state index contributed by atoms with van der Waals surface area (Å²) < 4.78 is 18.5. The molecule has 3 rings (SSSR count). The second kappa shape index (κ2) is 8.23. The minimum Gasteiger partial charge on any atom is -0.379 e. The first kappa shape index (κ1) is 17.6. The molecule has 1 saturated heterocycles. The highest BCUT2D eigenvalue weighted by molar-refractivity contribution is 5.94. The highest BCUT2D eigenvalue weighted by atomic mass is 19.1. The van der Waals surface area contributed by atoms with E-state index in [1.54, 1.807) is 0 Å². The normalized spacial score (nSPS) is 16.4. The van der Waals surface area contributed by atoms with E-state index in [9.17, 15) is 9.18 Å². The lowest BCUT2D eigenvalue weighted by atomic mass is 10.0. The van der Waals surface area contributed by atoms with Crippen molar-refractivity contribution in [2.45, 2.75) is 13.0 Å². The van der Waals surface area contributed by atoms with Crippen LogP contribution in [0.1, 0.15) is 27.5 Å². The number of aryl methyl sites for hydroxylation is 1. The minimum absolute atomic E-state index is 0.128. The molecule has 0 aromatic heterocycles. The lowest BCUT2D eigenvalue weighted by Crippen LogP contribution is -2.43. The number of hydrogen-bond acceptors (Lipinski definition) is 3. The van der Waals surface area contributed by atoms with Crippen molar-refractivity contribution in [3.63, 3.8) is 0 Å². The molecule has 4 nitrogen and oxygen atoms in total. The number of carbonyl (C=O) groups excluding carboxylic acids is 1. The first-order valence-electron chi connectivity index (χ1n) is 8.55. The molecule has 1 amide bonds. The van der Waals surface area contributed by atoms with E-state index in [1.165, 1.54) is 29.8 Å². The van der Waals surface area contributed by atoms with E-state index in [2.05, 4.69) is 10.2 Å². The van der Waals surface area contributed by atoms with Crippen LogP contribution in [-0.2, 0) is 4.74 Å². The molecule has 0 spiro atoms. The van der Waals surface area contributed by atoms with Gasteiger partial charge in [0, 0.05) is 25.2 Å². The van der Waals surface area contributed by atoms with Gasteiger partial charge >= 0.3 is 0 Å². The van der Waals surface area contributed by atoms with Gasteiger partial charge in [0.2, 0.25) is 0 Å². The van der Waals surface area contributed by atoms with Crippen molar-refractivity contribution in [1.82, 2.24) is 10.2 Å². The zero-order valence-electron chi connectivity index (χ0n) is 14.4. The van der Waals surface area contributed by atoms with E-state index in [0.29, 0.717) is 18.8 Å². The van der Waals surface area contributed by atoms with E-state index < -0.39 is 0 Å². The number of halogens is 1. The van der Waals surface area contributed by atoms with Gasteiger partial charge in [0.15, 0.2) is 0 Å². The van der Waals surface area contributed by atoms with Crippen molar-refractivity contribution < 1.29 is 13.9 Å². The molecule has 1 aliphatic heterocycles. The lowest BCUT2D eigenvalue weighted by Gasteiger charge is -2.31. The predicted octanol–water partition coefficient (Wildman–Crippen LogP) is 2.94. The maximum absolute atomic E-state index is 13.1. The zero-order valence-corrected chi connectivity index (χ0v) is 14.4. The largest absolute Gasteiger partial charge is 0.379 e. The third kappa shape index (κ3) is 4.87. The van der Waals surface area contributed by atoms with Crippen LogP contribution in [-0.4, -0.2) is 43.7 Å². The second-order valence-electron chi connectivity index (χ2n) is 6.36. The van der Waals surface area contributed by atoms with Crippen LogP contribution < -0.4 is 5.32 Å². The minimum atomic E-state index is -0.347. The van der Waals surface area contributed by atoms with Gasteiger partial charge < -0.3 is 10.1 Å². The molecular weight excluding hydrogens is 319 g/mol. The van der Waals surface area contributed by atoms with Crippen LogP contribution in [0.4, 0.5) is 4.39 Å². The van der Waals surface area contributed by atoms with Gasteiger partial charge in [-0.05, 0) is 36.8 Å². The van der Waals surface area contributed by atoms with Gasteiger partial charge in [-0.1, -0.05) is 29.8 Å². The topological polar surface area (TPSA) is 41.6 Å². The van der Waals surface area contributed by atoms with Crippen LogP contribution in [0, 0.1) is 12.7 Å². The Morgan fingerprint density at radius 1 is 1.12 bits per heavy atom. The molecule has 1 atom stereocenters. The number of amides is 1. The number of carbonyl (C=O) groups is 1. The van der Waals surface area contributed by atoms with E-state index >= 15 is 0 Å². The van der Waals surface area contributed by atoms with E-state index in [1.807, 2.05) is 31.2 Å². The summed E-state index contributed by atoms with van der Waals surface area (Å²) in [6.07, 6.45) is 0. The SMILES string of the molecule is Cc1ccc([C@@H](CN2CCOCC2)NC(=O)c2ccc(F)cc2)cc1. The second-order valence-corrected chi connectivity index (χ2v) is 6.36. The predicted molar refractivity (Wildman–Crippen MR) is 95.0 cm³/mol. The van der Waals surface area contributed by atoms with Crippen molar-refractivity contribution in [1.29, 1.82) is 0 Å². The Morgan fingerprint density at radius 2 is 1.76 bits per heavy atom. The Hall–Kier alpha value is -2.24. The lowest BCUT2D eigenvalue weighted by molar-refractivity contribution is 0.0332. The third-order valence-electron chi connectivity index (χ3n) is 4.44. The molecular formula is C20H23FN2O2. The van der Waals surface area contributed by atoms with Gasteiger partial charge in [-0.15, -0.1) is 0 Å². The van der Waals surface area contributed by atoms with E-state index in [0.717, 1.165) is 25.2 Å². The fourth-order valence-electron chi connectivity index (χ4n) is 2.92. The molecule has 5 heteroatoms. The Bertz CT molecular complexity index is 695. The zero-order chi connectivity index (χ0) is 17.6. The number of hydrogen-bond donors (Lipinski definition) is 1. The molecule has 1 fully saturated rings. The Morgan fingerprint density at radius 3 is 2.40 bits per heavy atom. The number of nitrogens with one attached hydrogen (secondary N) is 1. The molecule has 0 saturated carbocycles. The first-order chi connectivity index (χ1) is 12.1. The molecule has 0 unspecified atom stereocenters. The number of rotatable bonds is 5. The highest BCUT2D eigenvalue weighted by Gasteiger charge is 2.20. The fourth-order valence-corrected chi connectivity index (χ4v) is 2.92. The van der Waals surface area contributed by atoms with Crippen molar-refractivity contribution >= 4 is 5.91 Å². The molecule has 2 aromatic rings. The summed E-state index contributed by atoms with van der Waals surface area (Å²) >= 11 is 0. The van der Waals surface area contributed by atoms with Crippen LogP contribution >= 0.6 is 0 Å². The Kier molecular flexibility index (Phi) is 5.79. The molecule has 1 heterocycles. The quantitative estimate of drug-likeness (QED) is 0.908.